The molecule has 0 bridgehead atoms. The smallest absolute Gasteiger partial charge is 0.179 e. The molecule has 0 aromatic rings. The van der Waals surface area contributed by atoms with Crippen molar-refractivity contribution in [3.63, 3.8) is 0 Å². The van der Waals surface area contributed by atoms with Crippen LogP contribution in [0.2, 0.25) is 0 Å². The first kappa shape index (κ1) is 10.3. The third-order valence-electron chi connectivity index (χ3n) is 2.70. The zero-order valence-electron chi connectivity index (χ0n) is 9.04. The molecule has 1 rings (SSSR count). The average molecular weight is 181 g/mol. The molecule has 0 saturated carbocycles. The highest BCUT2D eigenvalue weighted by atomic mass is 15.3. The Morgan fingerprint density at radius 1 is 1.31 bits per heavy atom. The van der Waals surface area contributed by atoms with Gasteiger partial charge in [-0.3, -0.25) is 4.90 Å². The summed E-state index contributed by atoms with van der Waals surface area (Å²) in [5.41, 5.74) is 0.232. The van der Waals surface area contributed by atoms with Gasteiger partial charge in [-0.15, -0.1) is 0 Å². The van der Waals surface area contributed by atoms with Gasteiger partial charge in [0.05, 0.1) is 0 Å². The van der Waals surface area contributed by atoms with Gasteiger partial charge < -0.3 is 4.90 Å². The van der Waals surface area contributed by atoms with E-state index < -0.39 is 0 Å². The minimum Gasteiger partial charge on any atom is -0.305 e. The van der Waals surface area contributed by atoms with E-state index in [4.69, 9.17) is 5.26 Å². The van der Waals surface area contributed by atoms with Gasteiger partial charge in [-0.1, -0.05) is 0 Å². The highest BCUT2D eigenvalue weighted by Crippen LogP contribution is 2.18. The summed E-state index contributed by atoms with van der Waals surface area (Å²) in [6, 6.07) is 0.359. The average Bonchev–Trinajstić information content (AvgIpc) is 2.02. The summed E-state index contributed by atoms with van der Waals surface area (Å²) in [6.45, 7) is 11.7. The van der Waals surface area contributed by atoms with Crippen LogP contribution in [0.4, 0.5) is 0 Å². The number of nitriles is 1. The lowest BCUT2D eigenvalue weighted by Crippen LogP contribution is -2.55. The van der Waals surface area contributed by atoms with E-state index >= 15 is 0 Å². The highest BCUT2D eigenvalue weighted by Gasteiger charge is 2.29. The fraction of sp³-hybridized carbons (Fsp3) is 0.900. The Morgan fingerprint density at radius 3 is 2.31 bits per heavy atom. The first-order valence-electron chi connectivity index (χ1n) is 4.86. The maximum absolute atomic E-state index is 8.81. The van der Waals surface area contributed by atoms with E-state index in [1.54, 1.807) is 0 Å². The third-order valence-corrected chi connectivity index (χ3v) is 2.70. The van der Waals surface area contributed by atoms with Gasteiger partial charge in [0.15, 0.2) is 6.19 Å². The summed E-state index contributed by atoms with van der Waals surface area (Å²) in [4.78, 5) is 4.30. The molecular weight excluding hydrogens is 162 g/mol. The van der Waals surface area contributed by atoms with Crippen molar-refractivity contribution in [2.75, 3.05) is 19.6 Å². The molecule has 3 heteroatoms. The molecule has 0 spiro atoms. The molecular formula is C10H19N3. The van der Waals surface area contributed by atoms with E-state index in [9.17, 15) is 0 Å². The van der Waals surface area contributed by atoms with Gasteiger partial charge in [0.2, 0.25) is 0 Å². The van der Waals surface area contributed by atoms with E-state index in [1.165, 1.54) is 0 Å². The molecule has 0 aliphatic carbocycles. The topological polar surface area (TPSA) is 30.3 Å². The molecule has 1 saturated heterocycles. The molecule has 0 N–H and O–H groups in total. The Labute approximate surface area is 80.9 Å². The Bertz CT molecular complexity index is 211. The van der Waals surface area contributed by atoms with E-state index in [1.807, 2.05) is 4.90 Å². The summed E-state index contributed by atoms with van der Waals surface area (Å²) in [5, 5.41) is 8.81. The standard InChI is InChI=1S/C10H19N3/c1-9-7-13(10(2,3)4)6-5-12(9)8-11/h9H,5-7H2,1-4H3/t9-/m1/s1. The molecule has 0 aromatic carbocycles. The molecule has 1 aliphatic rings. The number of nitrogens with zero attached hydrogens (tertiary/aromatic N) is 3. The van der Waals surface area contributed by atoms with Gasteiger partial charge in [0, 0.05) is 31.2 Å². The predicted molar refractivity (Wildman–Crippen MR) is 53.1 cm³/mol. The van der Waals surface area contributed by atoms with Crippen molar-refractivity contribution >= 4 is 0 Å². The monoisotopic (exact) mass is 181 g/mol. The Hall–Kier alpha value is -0.750. The molecule has 1 atom stereocenters. The molecule has 1 aliphatic heterocycles. The van der Waals surface area contributed by atoms with Crippen LogP contribution in [0.25, 0.3) is 0 Å². The molecule has 0 radical (unpaired) electrons. The molecule has 1 fully saturated rings. The van der Waals surface area contributed by atoms with Gasteiger partial charge in [0.25, 0.3) is 0 Å². The van der Waals surface area contributed by atoms with Crippen molar-refractivity contribution in [1.29, 1.82) is 5.26 Å². The van der Waals surface area contributed by atoms with E-state index in [-0.39, 0.29) is 5.54 Å². The molecule has 13 heavy (non-hydrogen) atoms. The summed E-state index contributed by atoms with van der Waals surface area (Å²) in [6.07, 6.45) is 2.23. The van der Waals surface area contributed by atoms with Gasteiger partial charge in [0.1, 0.15) is 0 Å². The molecule has 74 valence electrons. The number of hydrogen-bond acceptors (Lipinski definition) is 3. The molecule has 0 unspecified atom stereocenters. The van der Waals surface area contributed by atoms with Gasteiger partial charge >= 0.3 is 0 Å². The Morgan fingerprint density at radius 2 is 1.92 bits per heavy atom. The van der Waals surface area contributed by atoms with E-state index in [0.717, 1.165) is 19.6 Å². The number of rotatable bonds is 0. The quantitative estimate of drug-likeness (QED) is 0.527. The van der Waals surface area contributed by atoms with Crippen LogP contribution in [0.1, 0.15) is 27.7 Å². The maximum atomic E-state index is 8.81. The van der Waals surface area contributed by atoms with Crippen molar-refractivity contribution in [1.82, 2.24) is 9.80 Å². The van der Waals surface area contributed by atoms with Crippen molar-refractivity contribution in [3.8, 4) is 6.19 Å². The Kier molecular flexibility index (Phi) is 2.82. The van der Waals surface area contributed by atoms with Gasteiger partial charge in [-0.25, -0.2) is 0 Å². The maximum Gasteiger partial charge on any atom is 0.179 e. The SMILES string of the molecule is C[C@@H]1CN(C(C)(C)C)CCN1C#N. The first-order chi connectivity index (χ1) is 5.95. The second-order valence-corrected chi connectivity index (χ2v) is 4.76. The van der Waals surface area contributed by atoms with E-state index in [0.29, 0.717) is 6.04 Å². The minimum absolute atomic E-state index is 0.232. The van der Waals surface area contributed by atoms with Crippen LogP contribution < -0.4 is 0 Å². The lowest BCUT2D eigenvalue weighted by atomic mass is 10.0. The van der Waals surface area contributed by atoms with Crippen molar-refractivity contribution in [3.05, 3.63) is 0 Å². The summed E-state index contributed by atoms with van der Waals surface area (Å²) in [5.74, 6) is 0. The largest absolute Gasteiger partial charge is 0.305 e. The van der Waals surface area contributed by atoms with Gasteiger partial charge in [-0.05, 0) is 27.7 Å². The molecule has 0 amide bonds. The fourth-order valence-electron chi connectivity index (χ4n) is 1.72. The van der Waals surface area contributed by atoms with Crippen LogP contribution in [0.5, 0.6) is 0 Å². The van der Waals surface area contributed by atoms with Crippen LogP contribution >= 0.6 is 0 Å². The van der Waals surface area contributed by atoms with Crippen LogP contribution in [-0.2, 0) is 0 Å². The van der Waals surface area contributed by atoms with Crippen LogP contribution in [-0.4, -0.2) is 41.0 Å². The normalized spacial score (nSPS) is 25.8. The fourth-order valence-corrected chi connectivity index (χ4v) is 1.72. The van der Waals surface area contributed by atoms with Crippen LogP contribution in [0.15, 0.2) is 0 Å². The molecule has 1 heterocycles. The minimum atomic E-state index is 0.232. The third kappa shape index (κ3) is 2.35. The lowest BCUT2D eigenvalue weighted by molar-refractivity contribution is 0.0545. The second-order valence-electron chi connectivity index (χ2n) is 4.76. The van der Waals surface area contributed by atoms with Crippen LogP contribution in [0, 0.1) is 11.5 Å². The zero-order valence-corrected chi connectivity index (χ0v) is 9.04. The molecule has 3 nitrogen and oxygen atoms in total. The van der Waals surface area contributed by atoms with Crippen molar-refractivity contribution < 1.29 is 0 Å². The molecule has 0 aromatic heterocycles. The number of hydrogen-bond donors (Lipinski definition) is 0. The van der Waals surface area contributed by atoms with Gasteiger partial charge in [-0.2, -0.15) is 5.26 Å². The van der Waals surface area contributed by atoms with Crippen molar-refractivity contribution in [2.45, 2.75) is 39.3 Å². The zero-order chi connectivity index (χ0) is 10.1. The highest BCUT2D eigenvalue weighted by molar-refractivity contribution is 4.90. The van der Waals surface area contributed by atoms with E-state index in [2.05, 4.69) is 38.8 Å². The Balaban J connectivity index is 2.57. The van der Waals surface area contributed by atoms with Crippen LogP contribution in [0.3, 0.4) is 0 Å². The second kappa shape index (κ2) is 3.55. The lowest BCUT2D eigenvalue weighted by Gasteiger charge is -2.43. The number of piperazine rings is 1. The predicted octanol–water partition coefficient (Wildman–Crippen LogP) is 1.27. The van der Waals surface area contributed by atoms with Crippen molar-refractivity contribution in [2.24, 2.45) is 0 Å². The summed E-state index contributed by atoms with van der Waals surface area (Å²) >= 11 is 0. The summed E-state index contributed by atoms with van der Waals surface area (Å²) < 4.78 is 0. The summed E-state index contributed by atoms with van der Waals surface area (Å²) in [7, 11) is 0. The first-order valence-corrected chi connectivity index (χ1v) is 4.86.